The van der Waals surface area contributed by atoms with Crippen LogP contribution in [0, 0.1) is 40.9 Å². The molecule has 1 N–H and O–H groups in total. The second-order valence-corrected chi connectivity index (χ2v) is 13.6. The van der Waals surface area contributed by atoms with Crippen LogP contribution in [0.25, 0.3) is 0 Å². The Hall–Kier alpha value is -0.380. The van der Waals surface area contributed by atoms with E-state index in [0.29, 0.717) is 23.5 Å². The van der Waals surface area contributed by atoms with Crippen LogP contribution in [0.2, 0.25) is 0 Å². The van der Waals surface area contributed by atoms with Gasteiger partial charge in [0.05, 0.1) is 17.8 Å². The molecule has 2 aliphatic heterocycles. The summed E-state index contributed by atoms with van der Waals surface area (Å²) in [5, 5.41) is 10.3. The number of nitrogens with zero attached hydrogens (tertiary/aromatic N) is 1. The maximum absolute atomic E-state index is 10.3. The van der Waals surface area contributed by atoms with Crippen LogP contribution in [-0.2, 0) is 4.74 Å². The summed E-state index contributed by atoms with van der Waals surface area (Å²) in [5.74, 6) is 4.67. The summed E-state index contributed by atoms with van der Waals surface area (Å²) in [6.07, 6.45) is 12.9. The smallest absolute Gasteiger partial charge is 0.0765 e. The van der Waals surface area contributed by atoms with Crippen LogP contribution in [-0.4, -0.2) is 47.4 Å². The van der Waals surface area contributed by atoms with E-state index in [0.717, 1.165) is 42.4 Å². The number of fused-ring (bicyclic) bond motifs is 6. The van der Waals surface area contributed by atoms with Crippen molar-refractivity contribution in [1.82, 2.24) is 4.90 Å². The molecule has 4 aliphatic carbocycles. The van der Waals surface area contributed by atoms with E-state index in [-0.39, 0.29) is 11.7 Å². The molecule has 0 aromatic heterocycles. The topological polar surface area (TPSA) is 32.7 Å². The Kier molecular flexibility index (Phi) is 5.22. The third-order valence-electron chi connectivity index (χ3n) is 12.0. The lowest BCUT2D eigenvalue weighted by Crippen LogP contribution is -2.49. The summed E-state index contributed by atoms with van der Waals surface area (Å²) < 4.78 is 7.11. The van der Waals surface area contributed by atoms with Crippen molar-refractivity contribution in [3.8, 4) is 0 Å². The molecule has 0 bridgehead atoms. The zero-order valence-electron chi connectivity index (χ0n) is 21.3. The van der Waals surface area contributed by atoms with Gasteiger partial charge in [-0.25, -0.2) is 0 Å². The minimum Gasteiger partial charge on any atom is -0.393 e. The predicted molar refractivity (Wildman–Crippen MR) is 129 cm³/mol. The van der Waals surface area contributed by atoms with Gasteiger partial charge in [-0.1, -0.05) is 31.9 Å². The Labute approximate surface area is 196 Å². The second kappa shape index (κ2) is 7.56. The van der Waals surface area contributed by atoms with Gasteiger partial charge in [0.15, 0.2) is 0 Å². The lowest BCUT2D eigenvalue weighted by molar-refractivity contribution is -0.0829. The van der Waals surface area contributed by atoms with Crippen molar-refractivity contribution < 1.29 is 9.84 Å². The van der Waals surface area contributed by atoms with Gasteiger partial charge < -0.3 is 14.7 Å². The average Bonchev–Trinajstić information content (AvgIpc) is 3.19. The SMILES string of the molecule is CC1=C2C[C@H]3[C@@H](CC[C@@H]4C[C@H](O)CC[C@@]43C)[C@@H]2CC[C@@]2(C1)O[C@@H]1C[C@H](C)CN(C)C1[C@H]2C. The number of ether oxygens (including phenoxy) is 1. The van der Waals surface area contributed by atoms with Crippen molar-refractivity contribution in [1.29, 1.82) is 0 Å². The van der Waals surface area contributed by atoms with E-state index < -0.39 is 0 Å². The standard InChI is InChI=1S/C29H47NO2/c1-17-12-26-27(30(5)16-17)19(3)29(32-26)11-9-22-23-7-6-20-13-21(31)8-10-28(20,4)25(23)14-24(22)18(2)15-29/h17,19-23,25-27,31H,6-16H2,1-5H3/t17-,19+,20+,21+,22-,23-,25-,26+,27?,28-,29-/m0/s1. The number of allylic oxidation sites excluding steroid dienone is 1. The number of likely N-dealkylation sites (N-methyl/N-ethyl adjacent to an activating group) is 1. The average molecular weight is 442 g/mol. The van der Waals surface area contributed by atoms with Crippen LogP contribution >= 0.6 is 0 Å². The van der Waals surface area contributed by atoms with Crippen LogP contribution in [0.4, 0.5) is 0 Å². The van der Waals surface area contributed by atoms with Gasteiger partial charge in [0.25, 0.3) is 0 Å². The quantitative estimate of drug-likeness (QED) is 0.481. The number of hydrogen-bond donors (Lipinski definition) is 1. The Morgan fingerprint density at radius 2 is 1.88 bits per heavy atom. The monoisotopic (exact) mass is 441 g/mol. The Bertz CT molecular complexity index is 792. The predicted octanol–water partition coefficient (Wildman–Crippen LogP) is 5.81. The van der Waals surface area contributed by atoms with Gasteiger partial charge in [-0.2, -0.15) is 0 Å². The molecule has 0 radical (unpaired) electrons. The van der Waals surface area contributed by atoms with E-state index in [1.807, 2.05) is 5.57 Å². The Morgan fingerprint density at radius 1 is 1.06 bits per heavy atom. The van der Waals surface area contributed by atoms with E-state index in [2.05, 4.69) is 39.6 Å². The normalized spacial score (nSPS) is 55.9. The first kappa shape index (κ1) is 22.1. The van der Waals surface area contributed by atoms with Crippen molar-refractivity contribution in [3.05, 3.63) is 11.1 Å². The minimum atomic E-state index is -0.0392. The Morgan fingerprint density at radius 3 is 2.69 bits per heavy atom. The molecule has 2 heterocycles. The third kappa shape index (κ3) is 3.09. The van der Waals surface area contributed by atoms with Gasteiger partial charge in [-0.15, -0.1) is 0 Å². The fourth-order valence-corrected chi connectivity index (χ4v) is 10.4. The highest BCUT2D eigenvalue weighted by Crippen LogP contribution is 2.65. The van der Waals surface area contributed by atoms with Crippen LogP contribution in [0.15, 0.2) is 11.1 Å². The number of aliphatic hydroxyl groups is 1. The highest BCUT2D eigenvalue weighted by atomic mass is 16.5. The first-order chi connectivity index (χ1) is 15.2. The highest BCUT2D eigenvalue weighted by Gasteiger charge is 2.59. The minimum absolute atomic E-state index is 0.0392. The summed E-state index contributed by atoms with van der Waals surface area (Å²) in [4.78, 5) is 2.63. The summed E-state index contributed by atoms with van der Waals surface area (Å²) in [7, 11) is 2.34. The first-order valence-electron chi connectivity index (χ1n) is 14.0. The molecular weight excluding hydrogens is 394 g/mol. The zero-order valence-corrected chi connectivity index (χ0v) is 21.3. The van der Waals surface area contributed by atoms with Gasteiger partial charge in [0.1, 0.15) is 0 Å². The fraction of sp³-hybridized carbons (Fsp3) is 0.931. The van der Waals surface area contributed by atoms with Crippen molar-refractivity contribution in [2.45, 2.75) is 116 Å². The molecule has 3 nitrogen and oxygen atoms in total. The number of likely N-dealkylation sites (tertiary alicyclic amines) is 1. The lowest BCUT2D eigenvalue weighted by Gasteiger charge is -2.53. The highest BCUT2D eigenvalue weighted by molar-refractivity contribution is 5.29. The molecule has 3 saturated carbocycles. The molecule has 1 spiro atoms. The van der Waals surface area contributed by atoms with Gasteiger partial charge in [0, 0.05) is 18.5 Å². The van der Waals surface area contributed by atoms with Gasteiger partial charge >= 0.3 is 0 Å². The molecule has 1 unspecified atom stereocenters. The lowest BCUT2D eigenvalue weighted by atomic mass is 9.52. The molecule has 5 fully saturated rings. The van der Waals surface area contributed by atoms with E-state index >= 15 is 0 Å². The molecule has 0 aromatic carbocycles. The van der Waals surface area contributed by atoms with Crippen molar-refractivity contribution >= 4 is 0 Å². The van der Waals surface area contributed by atoms with E-state index in [9.17, 15) is 5.11 Å². The van der Waals surface area contributed by atoms with Gasteiger partial charge in [-0.3, -0.25) is 0 Å². The van der Waals surface area contributed by atoms with Crippen molar-refractivity contribution in [3.63, 3.8) is 0 Å². The van der Waals surface area contributed by atoms with E-state index in [1.165, 1.54) is 57.9 Å². The molecule has 3 heteroatoms. The van der Waals surface area contributed by atoms with Gasteiger partial charge in [-0.05, 0) is 113 Å². The molecule has 2 saturated heterocycles. The summed E-state index contributed by atoms with van der Waals surface area (Å²) >= 11 is 0. The fourth-order valence-electron chi connectivity index (χ4n) is 10.4. The zero-order chi connectivity index (χ0) is 22.4. The molecule has 0 amide bonds. The molecule has 11 atom stereocenters. The maximum atomic E-state index is 10.3. The molecule has 6 aliphatic rings. The Balaban J connectivity index is 1.28. The largest absolute Gasteiger partial charge is 0.393 e. The van der Waals surface area contributed by atoms with Crippen LogP contribution < -0.4 is 0 Å². The van der Waals surface area contributed by atoms with Crippen LogP contribution in [0.5, 0.6) is 0 Å². The number of aliphatic hydroxyl groups excluding tert-OH is 1. The summed E-state index contributed by atoms with van der Waals surface area (Å²) in [6, 6.07) is 0.609. The number of piperidine rings is 1. The molecular formula is C29H47NO2. The van der Waals surface area contributed by atoms with Gasteiger partial charge in [0.2, 0.25) is 0 Å². The number of rotatable bonds is 0. The van der Waals surface area contributed by atoms with Crippen molar-refractivity contribution in [2.24, 2.45) is 40.9 Å². The van der Waals surface area contributed by atoms with E-state index in [4.69, 9.17) is 4.74 Å². The number of hydrogen-bond acceptors (Lipinski definition) is 3. The van der Waals surface area contributed by atoms with E-state index in [1.54, 1.807) is 5.57 Å². The van der Waals surface area contributed by atoms with Crippen molar-refractivity contribution in [2.75, 3.05) is 13.6 Å². The maximum Gasteiger partial charge on any atom is 0.0765 e. The molecule has 0 aromatic rings. The van der Waals surface area contributed by atoms with Crippen LogP contribution in [0.3, 0.4) is 0 Å². The van der Waals surface area contributed by atoms with Crippen LogP contribution in [0.1, 0.15) is 91.9 Å². The third-order valence-corrected chi connectivity index (χ3v) is 12.0. The molecule has 32 heavy (non-hydrogen) atoms. The molecule has 6 rings (SSSR count). The summed E-state index contributed by atoms with van der Waals surface area (Å²) in [6.45, 7) is 11.2. The summed E-state index contributed by atoms with van der Waals surface area (Å²) in [5.41, 5.74) is 4.07. The molecule has 180 valence electrons. The second-order valence-electron chi connectivity index (χ2n) is 13.6. The first-order valence-corrected chi connectivity index (χ1v) is 14.0.